The summed E-state index contributed by atoms with van der Waals surface area (Å²) in [5, 5.41) is 48.0. The molecule has 0 radical (unpaired) electrons. The number of aliphatic hydroxyl groups is 5. The van der Waals surface area contributed by atoms with Gasteiger partial charge >= 0.3 is 0 Å². The lowest BCUT2D eigenvalue weighted by Crippen LogP contribution is -2.62. The molecule has 5 N–H and O–H groups in total. The number of aliphatic hydroxyl groups excluding tert-OH is 5. The van der Waals surface area contributed by atoms with Crippen molar-refractivity contribution in [1.29, 1.82) is 0 Å². The molecule has 2 aliphatic rings. The van der Waals surface area contributed by atoms with E-state index in [1.165, 1.54) is 0 Å². The molecule has 6 atom stereocenters. The molecule has 1 aliphatic carbocycles. The lowest BCUT2D eigenvalue weighted by atomic mass is 9.94. The molecule has 2 rings (SSSR count). The summed E-state index contributed by atoms with van der Waals surface area (Å²) in [5.41, 5.74) is 0. The third-order valence-electron chi connectivity index (χ3n) is 4.05. The van der Waals surface area contributed by atoms with Crippen LogP contribution in [-0.4, -0.2) is 75.1 Å². The minimum absolute atomic E-state index is 0.0576. The normalized spacial score (nSPS) is 41.5. The van der Waals surface area contributed by atoms with Crippen molar-refractivity contribution in [3.63, 3.8) is 0 Å². The fraction of sp³-hybridized carbons (Fsp3) is 1.00. The van der Waals surface area contributed by atoms with Crippen LogP contribution in [0.3, 0.4) is 0 Å². The Labute approximate surface area is 117 Å². The second-order valence-corrected chi connectivity index (χ2v) is 5.59. The SMILES string of the molecule is OC[C@@H](O)[C@@H]1O[C@H](OC2CCCCC2)[C@H](O)[C@H](O)[C@@H]1O. The lowest BCUT2D eigenvalue weighted by Gasteiger charge is -2.43. The molecule has 0 aromatic carbocycles. The van der Waals surface area contributed by atoms with Crippen LogP contribution in [0.25, 0.3) is 0 Å². The summed E-state index contributed by atoms with van der Waals surface area (Å²) < 4.78 is 11.0. The molecule has 118 valence electrons. The molecule has 0 aromatic heterocycles. The van der Waals surface area contributed by atoms with Gasteiger partial charge in [-0.2, -0.15) is 0 Å². The summed E-state index contributed by atoms with van der Waals surface area (Å²) in [7, 11) is 0. The van der Waals surface area contributed by atoms with Gasteiger partial charge in [0.2, 0.25) is 0 Å². The predicted molar refractivity (Wildman–Crippen MR) is 67.7 cm³/mol. The molecule has 2 fully saturated rings. The van der Waals surface area contributed by atoms with Crippen LogP contribution in [0, 0.1) is 0 Å². The highest BCUT2D eigenvalue weighted by atomic mass is 16.7. The fourth-order valence-electron chi connectivity index (χ4n) is 2.80. The first-order valence-electron chi connectivity index (χ1n) is 7.18. The topological polar surface area (TPSA) is 120 Å². The Kier molecular flexibility index (Phi) is 5.74. The highest BCUT2D eigenvalue weighted by Crippen LogP contribution is 2.28. The molecule has 1 aliphatic heterocycles. The summed E-state index contributed by atoms with van der Waals surface area (Å²) >= 11 is 0. The maximum absolute atomic E-state index is 9.91. The molecule has 0 spiro atoms. The second kappa shape index (κ2) is 7.13. The number of hydrogen-bond acceptors (Lipinski definition) is 7. The largest absolute Gasteiger partial charge is 0.394 e. The zero-order chi connectivity index (χ0) is 14.7. The van der Waals surface area contributed by atoms with Gasteiger partial charge in [0, 0.05) is 0 Å². The molecule has 1 saturated heterocycles. The lowest BCUT2D eigenvalue weighted by molar-refractivity contribution is -0.322. The fourth-order valence-corrected chi connectivity index (χ4v) is 2.80. The minimum Gasteiger partial charge on any atom is -0.394 e. The van der Waals surface area contributed by atoms with Gasteiger partial charge in [-0.15, -0.1) is 0 Å². The van der Waals surface area contributed by atoms with Gasteiger partial charge in [-0.25, -0.2) is 0 Å². The Bertz CT molecular complexity index is 294. The number of ether oxygens (including phenoxy) is 2. The van der Waals surface area contributed by atoms with E-state index in [0.717, 1.165) is 32.1 Å². The highest BCUT2D eigenvalue weighted by molar-refractivity contribution is 4.92. The number of hydrogen-bond donors (Lipinski definition) is 5. The van der Waals surface area contributed by atoms with Gasteiger partial charge in [-0.05, 0) is 12.8 Å². The van der Waals surface area contributed by atoms with Crippen LogP contribution in [0.15, 0.2) is 0 Å². The van der Waals surface area contributed by atoms with Crippen LogP contribution in [0.4, 0.5) is 0 Å². The van der Waals surface area contributed by atoms with Gasteiger partial charge in [0.05, 0.1) is 12.7 Å². The molecule has 0 amide bonds. The van der Waals surface area contributed by atoms with E-state index in [4.69, 9.17) is 14.6 Å². The van der Waals surface area contributed by atoms with Crippen LogP contribution < -0.4 is 0 Å². The van der Waals surface area contributed by atoms with Crippen LogP contribution in [0.5, 0.6) is 0 Å². The average molecular weight is 292 g/mol. The molecule has 7 nitrogen and oxygen atoms in total. The molecule has 20 heavy (non-hydrogen) atoms. The summed E-state index contributed by atoms with van der Waals surface area (Å²) in [6.07, 6.45) is -3.08. The molecule has 7 heteroatoms. The van der Waals surface area contributed by atoms with Crippen LogP contribution in [-0.2, 0) is 9.47 Å². The number of rotatable bonds is 4. The Morgan fingerprint density at radius 2 is 1.65 bits per heavy atom. The molecule has 0 bridgehead atoms. The summed E-state index contributed by atoms with van der Waals surface area (Å²) in [4.78, 5) is 0. The van der Waals surface area contributed by atoms with Gasteiger partial charge in [-0.1, -0.05) is 19.3 Å². The standard InChI is InChI=1S/C13H24O7/c14-6-8(15)12-10(17)9(16)11(18)13(20-12)19-7-4-2-1-3-5-7/h7-18H,1-6H2/t8-,9-,10+,11-,12+,13+/m1/s1. The van der Waals surface area contributed by atoms with Gasteiger partial charge < -0.3 is 35.0 Å². The Balaban J connectivity index is 1.99. The molecule has 0 aromatic rings. The zero-order valence-electron chi connectivity index (χ0n) is 11.3. The first-order valence-corrected chi connectivity index (χ1v) is 7.18. The van der Waals surface area contributed by atoms with Gasteiger partial charge in [0.25, 0.3) is 0 Å². The van der Waals surface area contributed by atoms with Crippen molar-refractivity contribution in [1.82, 2.24) is 0 Å². The van der Waals surface area contributed by atoms with Crippen LogP contribution in [0.1, 0.15) is 32.1 Å². The monoisotopic (exact) mass is 292 g/mol. The third kappa shape index (κ3) is 3.48. The van der Waals surface area contributed by atoms with Crippen molar-refractivity contribution in [3.05, 3.63) is 0 Å². The van der Waals surface area contributed by atoms with E-state index in [9.17, 15) is 20.4 Å². The first-order chi connectivity index (χ1) is 9.54. The maximum Gasteiger partial charge on any atom is 0.186 e. The molecule has 1 saturated carbocycles. The van der Waals surface area contributed by atoms with Gasteiger partial charge in [-0.3, -0.25) is 0 Å². The smallest absolute Gasteiger partial charge is 0.186 e. The predicted octanol–water partition coefficient (Wildman–Crippen LogP) is -1.50. The van der Waals surface area contributed by atoms with Gasteiger partial charge in [0.15, 0.2) is 6.29 Å². The van der Waals surface area contributed by atoms with Crippen molar-refractivity contribution in [2.24, 2.45) is 0 Å². The summed E-state index contributed by atoms with van der Waals surface area (Å²) in [6.45, 7) is -0.610. The quantitative estimate of drug-likeness (QED) is 0.427. The summed E-state index contributed by atoms with van der Waals surface area (Å²) in [5.74, 6) is 0. The van der Waals surface area contributed by atoms with Crippen molar-refractivity contribution >= 4 is 0 Å². The minimum atomic E-state index is -1.48. The van der Waals surface area contributed by atoms with E-state index in [0.29, 0.717) is 0 Å². The second-order valence-electron chi connectivity index (χ2n) is 5.59. The van der Waals surface area contributed by atoms with Crippen molar-refractivity contribution in [2.75, 3.05) is 6.61 Å². The molecule has 1 heterocycles. The van der Waals surface area contributed by atoms with Crippen molar-refractivity contribution < 1.29 is 35.0 Å². The third-order valence-corrected chi connectivity index (χ3v) is 4.05. The van der Waals surface area contributed by atoms with Crippen molar-refractivity contribution in [3.8, 4) is 0 Å². The Morgan fingerprint density at radius 1 is 1.00 bits per heavy atom. The molecular formula is C13H24O7. The average Bonchev–Trinajstić information content (AvgIpc) is 2.48. The molecular weight excluding hydrogens is 268 g/mol. The van der Waals surface area contributed by atoms with Crippen molar-refractivity contribution in [2.45, 2.75) is 75.0 Å². The van der Waals surface area contributed by atoms with Crippen LogP contribution in [0.2, 0.25) is 0 Å². The van der Waals surface area contributed by atoms with Gasteiger partial charge in [0.1, 0.15) is 30.5 Å². The molecule has 0 unspecified atom stereocenters. The first kappa shape index (κ1) is 16.1. The Morgan fingerprint density at radius 3 is 2.25 bits per heavy atom. The van der Waals surface area contributed by atoms with E-state index in [1.807, 2.05) is 0 Å². The van der Waals surface area contributed by atoms with E-state index in [1.54, 1.807) is 0 Å². The van der Waals surface area contributed by atoms with E-state index < -0.39 is 43.4 Å². The highest BCUT2D eigenvalue weighted by Gasteiger charge is 2.47. The van der Waals surface area contributed by atoms with E-state index in [-0.39, 0.29) is 6.10 Å². The summed E-state index contributed by atoms with van der Waals surface area (Å²) in [6, 6.07) is 0. The Hall–Kier alpha value is -0.280. The zero-order valence-corrected chi connectivity index (χ0v) is 11.3. The maximum atomic E-state index is 9.91. The van der Waals surface area contributed by atoms with E-state index in [2.05, 4.69) is 0 Å². The van der Waals surface area contributed by atoms with Crippen LogP contribution >= 0.6 is 0 Å². The van der Waals surface area contributed by atoms with E-state index >= 15 is 0 Å².